The van der Waals surface area contributed by atoms with Crippen LogP contribution in [0.5, 0.6) is 5.88 Å². The minimum Gasteiger partial charge on any atom is -0.481 e. The summed E-state index contributed by atoms with van der Waals surface area (Å²) in [6.07, 6.45) is 6.64. The highest BCUT2D eigenvalue weighted by Crippen LogP contribution is 2.51. The second kappa shape index (κ2) is 11.2. The van der Waals surface area contributed by atoms with Gasteiger partial charge in [-0.25, -0.2) is 4.68 Å². The molecular formula is C32H48N4O3. The van der Waals surface area contributed by atoms with Gasteiger partial charge in [-0.05, 0) is 95.8 Å². The van der Waals surface area contributed by atoms with E-state index in [9.17, 15) is 9.90 Å². The minimum absolute atomic E-state index is 0.0765. The Balaban J connectivity index is 1.32. The van der Waals surface area contributed by atoms with Gasteiger partial charge in [0.1, 0.15) is 6.04 Å². The maximum atomic E-state index is 12.1. The highest BCUT2D eigenvalue weighted by molar-refractivity contribution is 5.73. The van der Waals surface area contributed by atoms with Crippen LogP contribution in [0.2, 0.25) is 0 Å². The topological polar surface area (TPSA) is 70.8 Å². The third-order valence-corrected chi connectivity index (χ3v) is 10.2. The fourth-order valence-corrected chi connectivity index (χ4v) is 8.20. The molecule has 1 saturated carbocycles. The number of likely N-dealkylation sites (tertiary alicyclic amines) is 1. The molecule has 2 aliphatic carbocycles. The molecular weight excluding hydrogens is 488 g/mol. The van der Waals surface area contributed by atoms with Gasteiger partial charge in [-0.2, -0.15) is 5.10 Å². The van der Waals surface area contributed by atoms with Crippen molar-refractivity contribution in [3.8, 4) is 5.88 Å². The smallest absolute Gasteiger partial charge is 0.321 e. The monoisotopic (exact) mass is 536 g/mol. The Bertz CT molecular complexity index is 1170. The first kappa shape index (κ1) is 28.2. The summed E-state index contributed by atoms with van der Waals surface area (Å²) in [4.78, 5) is 17.0. The quantitative estimate of drug-likeness (QED) is 0.481. The molecule has 1 aromatic heterocycles. The van der Waals surface area contributed by atoms with Gasteiger partial charge in [-0.1, -0.05) is 43.7 Å². The fraction of sp³-hybridized carbons (Fsp3) is 0.688. The second-order valence-electron chi connectivity index (χ2n) is 12.8. The Kier molecular flexibility index (Phi) is 8.12. The van der Waals surface area contributed by atoms with Crippen molar-refractivity contribution in [2.75, 3.05) is 33.8 Å². The van der Waals surface area contributed by atoms with Crippen LogP contribution in [-0.2, 0) is 23.2 Å². The van der Waals surface area contributed by atoms with E-state index >= 15 is 0 Å². The number of carboxylic acid groups (broad SMARTS) is 1. The van der Waals surface area contributed by atoms with Crippen LogP contribution < -0.4 is 4.74 Å². The number of aromatic nitrogens is 2. The summed E-state index contributed by atoms with van der Waals surface area (Å²) in [6.45, 7) is 12.5. The van der Waals surface area contributed by atoms with E-state index < -0.39 is 12.0 Å². The number of methoxy groups -OCH3 is 1. The van der Waals surface area contributed by atoms with Gasteiger partial charge in [0.25, 0.3) is 0 Å². The standard InChI is InChI=1S/C32H48N4O3/c1-7-36-30(39-6)28-27(33-36)11-12-32(28)13-15-35(16-14-32)20-24-18-25(34(5)29(21(2)3)31(37)38)19-26(24)23-10-8-9-22(4)17-23/h8-10,17,21,24-26,29H,7,11-16,18-20H2,1-6H3,(H,37,38)/t24-,25+,26-,29-/m1/s1. The zero-order valence-electron chi connectivity index (χ0n) is 24.8. The Morgan fingerprint density at radius 1 is 1.23 bits per heavy atom. The van der Waals surface area contributed by atoms with Gasteiger partial charge in [-0.3, -0.25) is 9.69 Å². The minimum atomic E-state index is -0.706. The van der Waals surface area contributed by atoms with Crippen molar-refractivity contribution < 1.29 is 14.6 Å². The number of rotatable bonds is 9. The van der Waals surface area contributed by atoms with Crippen LogP contribution >= 0.6 is 0 Å². The van der Waals surface area contributed by atoms with Crippen molar-refractivity contribution in [1.29, 1.82) is 0 Å². The zero-order chi connectivity index (χ0) is 27.9. The highest BCUT2D eigenvalue weighted by Gasteiger charge is 2.47. The molecule has 1 aliphatic heterocycles. The number of carbonyl (C=O) groups is 1. The SMILES string of the molecule is CCn1nc2c(c1OC)C1(CC2)CCN(C[C@H]2C[C@H](N(C)[C@@H](C(=O)O)C(C)C)C[C@@H]2c2cccc(C)c2)CC1. The zero-order valence-corrected chi connectivity index (χ0v) is 24.8. The molecule has 1 N–H and O–H groups in total. The molecule has 3 aliphatic rings. The molecule has 2 heterocycles. The van der Waals surface area contributed by atoms with Crippen LogP contribution in [-0.4, -0.2) is 76.5 Å². The van der Waals surface area contributed by atoms with Gasteiger partial charge in [0.2, 0.25) is 5.88 Å². The molecule has 2 aromatic rings. The summed E-state index contributed by atoms with van der Waals surface area (Å²) >= 11 is 0. The van der Waals surface area contributed by atoms with Crippen molar-refractivity contribution in [3.63, 3.8) is 0 Å². The molecule has 2 fully saturated rings. The average molecular weight is 537 g/mol. The summed E-state index contributed by atoms with van der Waals surface area (Å²) < 4.78 is 7.92. The maximum Gasteiger partial charge on any atom is 0.321 e. The molecule has 39 heavy (non-hydrogen) atoms. The Morgan fingerprint density at radius 3 is 2.59 bits per heavy atom. The predicted molar refractivity (Wildman–Crippen MR) is 155 cm³/mol. The molecule has 1 spiro atoms. The Labute approximate surface area is 234 Å². The van der Waals surface area contributed by atoms with Crippen molar-refractivity contribution in [3.05, 3.63) is 46.6 Å². The first-order valence-corrected chi connectivity index (χ1v) is 15.0. The van der Waals surface area contributed by atoms with Crippen LogP contribution in [0.1, 0.15) is 81.2 Å². The molecule has 7 heteroatoms. The van der Waals surface area contributed by atoms with E-state index in [0.717, 1.165) is 64.2 Å². The number of aliphatic carboxylic acids is 1. The molecule has 214 valence electrons. The molecule has 0 bridgehead atoms. The lowest BCUT2D eigenvalue weighted by atomic mass is 9.74. The molecule has 0 radical (unpaired) electrons. The molecule has 4 atom stereocenters. The van der Waals surface area contributed by atoms with Crippen LogP contribution in [0, 0.1) is 18.8 Å². The van der Waals surface area contributed by atoms with Crippen molar-refractivity contribution in [2.24, 2.45) is 11.8 Å². The van der Waals surface area contributed by atoms with Crippen LogP contribution in [0.4, 0.5) is 0 Å². The van der Waals surface area contributed by atoms with Crippen molar-refractivity contribution in [1.82, 2.24) is 19.6 Å². The Hall–Kier alpha value is -2.38. The second-order valence-corrected chi connectivity index (χ2v) is 12.8. The van der Waals surface area contributed by atoms with Gasteiger partial charge >= 0.3 is 5.97 Å². The van der Waals surface area contributed by atoms with E-state index in [-0.39, 0.29) is 17.4 Å². The number of aryl methyl sites for hydroxylation is 3. The van der Waals surface area contributed by atoms with E-state index in [1.54, 1.807) is 7.11 Å². The van der Waals surface area contributed by atoms with Gasteiger partial charge in [0, 0.05) is 30.1 Å². The summed E-state index contributed by atoms with van der Waals surface area (Å²) in [5.41, 5.74) is 5.55. The summed E-state index contributed by atoms with van der Waals surface area (Å²) in [6, 6.07) is 8.82. The molecule has 1 aromatic carbocycles. The summed E-state index contributed by atoms with van der Waals surface area (Å²) in [5, 5.41) is 14.9. The van der Waals surface area contributed by atoms with Gasteiger partial charge in [0.15, 0.2) is 0 Å². The van der Waals surface area contributed by atoms with Crippen LogP contribution in [0.15, 0.2) is 24.3 Å². The van der Waals surface area contributed by atoms with Gasteiger partial charge in [0.05, 0.1) is 12.8 Å². The lowest BCUT2D eigenvalue weighted by Crippen LogP contribution is -2.47. The van der Waals surface area contributed by atoms with Crippen LogP contribution in [0.25, 0.3) is 0 Å². The highest BCUT2D eigenvalue weighted by atomic mass is 16.5. The molecule has 0 unspecified atom stereocenters. The molecule has 5 rings (SSSR count). The Morgan fingerprint density at radius 2 is 1.97 bits per heavy atom. The predicted octanol–water partition coefficient (Wildman–Crippen LogP) is 5.10. The number of ether oxygens (including phenoxy) is 1. The summed E-state index contributed by atoms with van der Waals surface area (Å²) in [5.74, 6) is 1.33. The molecule has 1 saturated heterocycles. The number of fused-ring (bicyclic) bond motifs is 2. The first-order chi connectivity index (χ1) is 18.7. The van der Waals surface area contributed by atoms with E-state index in [1.807, 2.05) is 25.6 Å². The van der Waals surface area contributed by atoms with E-state index in [2.05, 4.69) is 47.9 Å². The van der Waals surface area contributed by atoms with E-state index in [1.165, 1.54) is 28.8 Å². The number of benzene rings is 1. The number of likely N-dealkylation sites (N-methyl/N-ethyl adjacent to an activating group) is 1. The largest absolute Gasteiger partial charge is 0.481 e. The van der Waals surface area contributed by atoms with Crippen molar-refractivity contribution in [2.45, 2.75) is 96.2 Å². The average Bonchev–Trinajstić information content (AvgIpc) is 3.58. The number of nitrogens with zero attached hydrogens (tertiary/aromatic N) is 4. The van der Waals surface area contributed by atoms with E-state index in [0.29, 0.717) is 11.8 Å². The molecule has 0 amide bonds. The fourth-order valence-electron chi connectivity index (χ4n) is 8.20. The van der Waals surface area contributed by atoms with Gasteiger partial charge < -0.3 is 14.7 Å². The van der Waals surface area contributed by atoms with Gasteiger partial charge in [-0.15, -0.1) is 0 Å². The number of carboxylic acids is 1. The summed E-state index contributed by atoms with van der Waals surface area (Å²) in [7, 11) is 3.82. The first-order valence-electron chi connectivity index (χ1n) is 15.0. The van der Waals surface area contributed by atoms with Crippen molar-refractivity contribution >= 4 is 5.97 Å². The molecule has 7 nitrogen and oxygen atoms in total. The number of hydrogen-bond acceptors (Lipinski definition) is 5. The third kappa shape index (κ3) is 5.24. The van der Waals surface area contributed by atoms with Crippen LogP contribution in [0.3, 0.4) is 0 Å². The lowest BCUT2D eigenvalue weighted by Gasteiger charge is -2.41. The normalized spacial score (nSPS) is 25.5. The van der Waals surface area contributed by atoms with E-state index in [4.69, 9.17) is 9.84 Å². The number of hydrogen-bond donors (Lipinski definition) is 1. The maximum absolute atomic E-state index is 12.1. The third-order valence-electron chi connectivity index (χ3n) is 10.2. The lowest BCUT2D eigenvalue weighted by molar-refractivity contribution is -0.145. The number of piperidine rings is 1.